The Labute approximate surface area is 104 Å². The monoisotopic (exact) mass is 242 g/mol. The fraction of sp³-hybridized carbons (Fsp3) is 0.923. The first-order valence-corrected chi connectivity index (χ1v) is 6.65. The van der Waals surface area contributed by atoms with Crippen molar-refractivity contribution in [1.29, 1.82) is 0 Å². The molecule has 4 heteroatoms. The Balaban J connectivity index is 2.52. The second kappa shape index (κ2) is 6.97. The van der Waals surface area contributed by atoms with E-state index >= 15 is 0 Å². The standard InChI is InChI=1S/C13H26N2O2/c1-10(2)15-8-12(5-4-6-16)7-13(9-15)14-11(3)17/h10,12-13,16H,4-9H2,1-3H3,(H,14,17). The van der Waals surface area contributed by atoms with Crippen LogP contribution >= 0.6 is 0 Å². The molecule has 1 aliphatic rings. The smallest absolute Gasteiger partial charge is 0.217 e. The van der Waals surface area contributed by atoms with Crippen LogP contribution in [0.2, 0.25) is 0 Å². The van der Waals surface area contributed by atoms with Gasteiger partial charge in [-0.25, -0.2) is 0 Å². The summed E-state index contributed by atoms with van der Waals surface area (Å²) in [5.74, 6) is 0.650. The Kier molecular flexibility index (Phi) is 5.92. The zero-order valence-electron chi connectivity index (χ0n) is 11.3. The molecule has 1 saturated heterocycles. The van der Waals surface area contributed by atoms with Gasteiger partial charge >= 0.3 is 0 Å². The van der Waals surface area contributed by atoms with Crippen molar-refractivity contribution in [2.45, 2.75) is 52.1 Å². The maximum Gasteiger partial charge on any atom is 0.217 e. The molecule has 2 N–H and O–H groups in total. The number of likely N-dealkylation sites (tertiary alicyclic amines) is 1. The van der Waals surface area contributed by atoms with Crippen LogP contribution < -0.4 is 5.32 Å². The van der Waals surface area contributed by atoms with Gasteiger partial charge in [-0.1, -0.05) is 0 Å². The molecule has 0 aliphatic carbocycles. The molecule has 0 radical (unpaired) electrons. The molecule has 2 unspecified atom stereocenters. The van der Waals surface area contributed by atoms with Gasteiger partial charge in [0.2, 0.25) is 5.91 Å². The summed E-state index contributed by atoms with van der Waals surface area (Å²) in [5.41, 5.74) is 0. The summed E-state index contributed by atoms with van der Waals surface area (Å²) < 4.78 is 0. The minimum atomic E-state index is 0.0570. The minimum absolute atomic E-state index is 0.0570. The van der Waals surface area contributed by atoms with Crippen molar-refractivity contribution in [3.63, 3.8) is 0 Å². The average Bonchev–Trinajstić information content (AvgIpc) is 2.25. The lowest BCUT2D eigenvalue weighted by Crippen LogP contribution is -2.52. The molecule has 1 aliphatic heterocycles. The number of rotatable bonds is 5. The number of aliphatic hydroxyl groups is 1. The van der Waals surface area contributed by atoms with Gasteiger partial charge in [-0.15, -0.1) is 0 Å². The maximum atomic E-state index is 11.1. The highest BCUT2D eigenvalue weighted by atomic mass is 16.2. The summed E-state index contributed by atoms with van der Waals surface area (Å²) in [6.45, 7) is 8.28. The summed E-state index contributed by atoms with van der Waals surface area (Å²) in [6.07, 6.45) is 2.96. The second-order valence-corrected chi connectivity index (χ2v) is 5.41. The summed E-state index contributed by atoms with van der Waals surface area (Å²) in [6, 6.07) is 0.788. The molecule has 0 bridgehead atoms. The quantitative estimate of drug-likeness (QED) is 0.756. The van der Waals surface area contributed by atoms with E-state index in [0.29, 0.717) is 12.0 Å². The highest BCUT2D eigenvalue weighted by Gasteiger charge is 2.28. The third kappa shape index (κ3) is 5.04. The van der Waals surface area contributed by atoms with Gasteiger partial charge in [-0.05, 0) is 39.0 Å². The summed E-state index contributed by atoms with van der Waals surface area (Å²) in [7, 11) is 0. The number of aliphatic hydroxyl groups excluding tert-OH is 1. The van der Waals surface area contributed by atoms with Crippen molar-refractivity contribution < 1.29 is 9.90 Å². The van der Waals surface area contributed by atoms with Gasteiger partial charge in [0, 0.05) is 38.7 Å². The van der Waals surface area contributed by atoms with Gasteiger partial charge in [0.15, 0.2) is 0 Å². The molecule has 100 valence electrons. The van der Waals surface area contributed by atoms with Crippen LogP contribution in [0.1, 0.15) is 40.0 Å². The molecule has 0 aromatic rings. The second-order valence-electron chi connectivity index (χ2n) is 5.41. The van der Waals surface area contributed by atoms with Gasteiger partial charge < -0.3 is 10.4 Å². The SMILES string of the molecule is CC(=O)NC1CC(CCCO)CN(C(C)C)C1. The summed E-state index contributed by atoms with van der Waals surface area (Å²) in [4.78, 5) is 13.6. The molecule has 0 aromatic carbocycles. The zero-order chi connectivity index (χ0) is 12.8. The molecule has 0 spiro atoms. The molecule has 4 nitrogen and oxygen atoms in total. The third-order valence-corrected chi connectivity index (χ3v) is 3.47. The highest BCUT2D eigenvalue weighted by molar-refractivity contribution is 5.73. The summed E-state index contributed by atoms with van der Waals surface area (Å²) >= 11 is 0. The van der Waals surface area contributed by atoms with Crippen LogP contribution in [0.25, 0.3) is 0 Å². The van der Waals surface area contributed by atoms with E-state index in [1.165, 1.54) is 0 Å². The number of carbonyl (C=O) groups is 1. The molecule has 2 atom stereocenters. The van der Waals surface area contributed by atoms with E-state index in [9.17, 15) is 4.79 Å². The molecular formula is C13H26N2O2. The average molecular weight is 242 g/mol. The van der Waals surface area contributed by atoms with E-state index in [4.69, 9.17) is 5.11 Å². The molecule has 0 aromatic heterocycles. The topological polar surface area (TPSA) is 52.6 Å². The first-order valence-electron chi connectivity index (χ1n) is 6.65. The van der Waals surface area contributed by atoms with Crippen LogP contribution in [0, 0.1) is 5.92 Å². The predicted molar refractivity (Wildman–Crippen MR) is 68.7 cm³/mol. The normalized spacial score (nSPS) is 26.2. The van der Waals surface area contributed by atoms with E-state index in [0.717, 1.165) is 32.4 Å². The van der Waals surface area contributed by atoms with Gasteiger partial charge in [0.25, 0.3) is 0 Å². The van der Waals surface area contributed by atoms with Crippen LogP contribution in [0.3, 0.4) is 0 Å². The fourth-order valence-corrected chi connectivity index (χ4v) is 2.64. The van der Waals surface area contributed by atoms with Crippen LogP contribution in [0.4, 0.5) is 0 Å². The maximum absolute atomic E-state index is 11.1. The van der Waals surface area contributed by atoms with Crippen LogP contribution in [0.5, 0.6) is 0 Å². The number of piperidine rings is 1. The molecule has 1 amide bonds. The zero-order valence-corrected chi connectivity index (χ0v) is 11.3. The number of carbonyl (C=O) groups excluding carboxylic acids is 1. The lowest BCUT2D eigenvalue weighted by molar-refractivity contribution is -0.120. The van der Waals surface area contributed by atoms with Crippen molar-refractivity contribution in [2.75, 3.05) is 19.7 Å². The number of hydrogen-bond acceptors (Lipinski definition) is 3. The van der Waals surface area contributed by atoms with E-state index < -0.39 is 0 Å². The molecular weight excluding hydrogens is 216 g/mol. The van der Waals surface area contributed by atoms with Crippen molar-refractivity contribution in [3.8, 4) is 0 Å². The Morgan fingerprint density at radius 1 is 1.47 bits per heavy atom. The minimum Gasteiger partial charge on any atom is -0.396 e. The predicted octanol–water partition coefficient (Wildman–Crippen LogP) is 0.994. The molecule has 1 heterocycles. The van der Waals surface area contributed by atoms with Crippen LogP contribution in [-0.4, -0.2) is 47.7 Å². The van der Waals surface area contributed by atoms with Crippen LogP contribution in [0.15, 0.2) is 0 Å². The van der Waals surface area contributed by atoms with E-state index in [2.05, 4.69) is 24.1 Å². The van der Waals surface area contributed by atoms with Gasteiger partial charge in [-0.2, -0.15) is 0 Å². The first kappa shape index (κ1) is 14.5. The largest absolute Gasteiger partial charge is 0.396 e. The van der Waals surface area contributed by atoms with Crippen molar-refractivity contribution >= 4 is 5.91 Å². The van der Waals surface area contributed by atoms with Gasteiger partial charge in [-0.3, -0.25) is 9.69 Å². The number of nitrogens with zero attached hydrogens (tertiary/aromatic N) is 1. The molecule has 17 heavy (non-hydrogen) atoms. The fourth-order valence-electron chi connectivity index (χ4n) is 2.64. The Hall–Kier alpha value is -0.610. The number of amides is 1. The van der Waals surface area contributed by atoms with E-state index in [-0.39, 0.29) is 18.6 Å². The third-order valence-electron chi connectivity index (χ3n) is 3.47. The Morgan fingerprint density at radius 2 is 2.18 bits per heavy atom. The lowest BCUT2D eigenvalue weighted by Gasteiger charge is -2.40. The number of nitrogens with one attached hydrogen (secondary N) is 1. The van der Waals surface area contributed by atoms with Crippen molar-refractivity contribution in [2.24, 2.45) is 5.92 Å². The number of hydrogen-bond donors (Lipinski definition) is 2. The van der Waals surface area contributed by atoms with Crippen LogP contribution in [-0.2, 0) is 4.79 Å². The first-order chi connectivity index (χ1) is 8.02. The van der Waals surface area contributed by atoms with E-state index in [1.54, 1.807) is 6.92 Å². The molecule has 1 rings (SSSR count). The highest BCUT2D eigenvalue weighted by Crippen LogP contribution is 2.22. The van der Waals surface area contributed by atoms with Crippen molar-refractivity contribution in [3.05, 3.63) is 0 Å². The molecule has 1 fully saturated rings. The Morgan fingerprint density at radius 3 is 2.71 bits per heavy atom. The Bertz CT molecular complexity index is 244. The summed E-state index contributed by atoms with van der Waals surface area (Å²) in [5, 5.41) is 11.9. The lowest BCUT2D eigenvalue weighted by atomic mass is 9.89. The molecule has 0 saturated carbocycles. The van der Waals surface area contributed by atoms with Gasteiger partial charge in [0.1, 0.15) is 0 Å². The van der Waals surface area contributed by atoms with Crippen molar-refractivity contribution in [1.82, 2.24) is 10.2 Å². The van der Waals surface area contributed by atoms with E-state index in [1.807, 2.05) is 0 Å². The van der Waals surface area contributed by atoms with Gasteiger partial charge in [0.05, 0.1) is 0 Å².